The maximum absolute atomic E-state index is 11.7. The molecular weight excluding hydrogens is 310 g/mol. The van der Waals surface area contributed by atoms with E-state index < -0.39 is 10.2 Å². The highest BCUT2D eigenvalue weighted by Gasteiger charge is 2.12. The van der Waals surface area contributed by atoms with Gasteiger partial charge in [0, 0.05) is 25.5 Å². The van der Waals surface area contributed by atoms with Gasteiger partial charge in [0.05, 0.1) is 10.7 Å². The van der Waals surface area contributed by atoms with Crippen LogP contribution >= 0.6 is 11.6 Å². The topological polar surface area (TPSA) is 61.4 Å². The molecule has 21 heavy (non-hydrogen) atoms. The molecule has 7 heteroatoms. The molecule has 0 aliphatic rings. The SMILES string of the molecule is CN(C)S(=O)(=O)Nc1ccc(Nc2ccccc2Cl)cc1. The molecule has 0 saturated carbocycles. The minimum atomic E-state index is -3.49. The van der Waals surface area contributed by atoms with Gasteiger partial charge in [0.25, 0.3) is 0 Å². The molecule has 2 aromatic carbocycles. The first kappa shape index (κ1) is 15.6. The van der Waals surface area contributed by atoms with Crippen LogP contribution < -0.4 is 10.0 Å². The van der Waals surface area contributed by atoms with Gasteiger partial charge in [0.1, 0.15) is 0 Å². The monoisotopic (exact) mass is 325 g/mol. The lowest BCUT2D eigenvalue weighted by Crippen LogP contribution is -2.28. The van der Waals surface area contributed by atoms with E-state index in [1.807, 2.05) is 18.2 Å². The van der Waals surface area contributed by atoms with Crippen LogP contribution in [0.1, 0.15) is 0 Å². The van der Waals surface area contributed by atoms with E-state index in [2.05, 4.69) is 10.0 Å². The van der Waals surface area contributed by atoms with Crippen molar-refractivity contribution in [3.8, 4) is 0 Å². The number of rotatable bonds is 5. The van der Waals surface area contributed by atoms with E-state index in [0.717, 1.165) is 15.7 Å². The summed E-state index contributed by atoms with van der Waals surface area (Å²) in [6.45, 7) is 0. The zero-order valence-corrected chi connectivity index (χ0v) is 13.2. The summed E-state index contributed by atoms with van der Waals surface area (Å²) < 4.78 is 27.0. The van der Waals surface area contributed by atoms with Crippen molar-refractivity contribution in [2.24, 2.45) is 0 Å². The van der Waals surface area contributed by atoms with Gasteiger partial charge in [-0.25, -0.2) is 0 Å². The summed E-state index contributed by atoms with van der Waals surface area (Å²) in [7, 11) is -0.552. The van der Waals surface area contributed by atoms with Gasteiger partial charge in [0.15, 0.2) is 0 Å². The molecule has 0 saturated heterocycles. The fourth-order valence-corrected chi connectivity index (χ4v) is 2.38. The van der Waals surface area contributed by atoms with E-state index in [9.17, 15) is 8.42 Å². The van der Waals surface area contributed by atoms with Crippen LogP contribution in [-0.4, -0.2) is 26.8 Å². The molecule has 0 atom stereocenters. The second-order valence-corrected chi connectivity index (χ2v) is 6.86. The molecule has 0 unspecified atom stereocenters. The Morgan fingerprint density at radius 2 is 1.52 bits per heavy atom. The molecule has 0 aliphatic carbocycles. The van der Waals surface area contributed by atoms with Gasteiger partial charge in [-0.1, -0.05) is 23.7 Å². The van der Waals surface area contributed by atoms with Gasteiger partial charge >= 0.3 is 10.2 Å². The molecule has 0 aliphatic heterocycles. The quantitative estimate of drug-likeness (QED) is 0.886. The van der Waals surface area contributed by atoms with Crippen LogP contribution in [0.3, 0.4) is 0 Å². The van der Waals surface area contributed by atoms with Crippen LogP contribution in [0, 0.1) is 0 Å². The molecule has 0 spiro atoms. The zero-order valence-electron chi connectivity index (χ0n) is 11.7. The number of hydrogen-bond acceptors (Lipinski definition) is 3. The largest absolute Gasteiger partial charge is 0.354 e. The third-order valence-electron chi connectivity index (χ3n) is 2.77. The van der Waals surface area contributed by atoms with Crippen molar-refractivity contribution in [3.63, 3.8) is 0 Å². The Balaban J connectivity index is 2.11. The molecule has 0 heterocycles. The van der Waals surface area contributed by atoms with E-state index in [4.69, 9.17) is 11.6 Å². The van der Waals surface area contributed by atoms with Crippen LogP contribution in [0.4, 0.5) is 17.1 Å². The Morgan fingerprint density at radius 1 is 0.952 bits per heavy atom. The van der Waals surface area contributed by atoms with E-state index in [1.165, 1.54) is 14.1 Å². The highest BCUT2D eigenvalue weighted by Crippen LogP contribution is 2.25. The molecule has 0 aromatic heterocycles. The standard InChI is InChI=1S/C14H16ClN3O2S/c1-18(2)21(19,20)17-12-9-7-11(8-10-12)16-14-6-4-3-5-13(14)15/h3-10,16-17H,1-2H3. The molecule has 2 N–H and O–H groups in total. The van der Waals surface area contributed by atoms with Crippen LogP contribution in [0.15, 0.2) is 48.5 Å². The second kappa shape index (κ2) is 6.34. The molecule has 0 bridgehead atoms. The third kappa shape index (κ3) is 4.10. The smallest absolute Gasteiger partial charge is 0.301 e. The summed E-state index contributed by atoms with van der Waals surface area (Å²) in [6, 6.07) is 14.3. The summed E-state index contributed by atoms with van der Waals surface area (Å²) in [6.07, 6.45) is 0. The molecule has 112 valence electrons. The predicted molar refractivity (Wildman–Crippen MR) is 87.4 cm³/mol. The van der Waals surface area contributed by atoms with Gasteiger partial charge in [-0.3, -0.25) is 4.72 Å². The summed E-state index contributed by atoms with van der Waals surface area (Å²) in [5, 5.41) is 3.79. The summed E-state index contributed by atoms with van der Waals surface area (Å²) >= 11 is 6.07. The Kier molecular flexibility index (Phi) is 4.72. The first-order valence-electron chi connectivity index (χ1n) is 6.20. The van der Waals surface area contributed by atoms with Gasteiger partial charge in [-0.2, -0.15) is 12.7 Å². The summed E-state index contributed by atoms with van der Waals surface area (Å²) in [5.74, 6) is 0. The lowest BCUT2D eigenvalue weighted by atomic mass is 10.2. The third-order valence-corrected chi connectivity index (χ3v) is 4.55. The predicted octanol–water partition coefficient (Wildman–Crippen LogP) is 3.30. The molecule has 0 amide bonds. The van der Waals surface area contributed by atoms with Crippen LogP contribution in [0.2, 0.25) is 5.02 Å². The fourth-order valence-electron chi connectivity index (χ4n) is 1.58. The fraction of sp³-hybridized carbons (Fsp3) is 0.143. The van der Waals surface area contributed by atoms with Gasteiger partial charge < -0.3 is 5.32 Å². The summed E-state index contributed by atoms with van der Waals surface area (Å²) in [4.78, 5) is 0. The van der Waals surface area contributed by atoms with E-state index in [1.54, 1.807) is 30.3 Å². The number of anilines is 3. The normalized spacial score (nSPS) is 11.4. The molecule has 0 fully saturated rings. The van der Waals surface area contributed by atoms with E-state index in [-0.39, 0.29) is 0 Å². The molecule has 2 rings (SSSR count). The molecule has 5 nitrogen and oxygen atoms in total. The van der Waals surface area contributed by atoms with Crippen molar-refractivity contribution in [2.45, 2.75) is 0 Å². The highest BCUT2D eigenvalue weighted by atomic mass is 35.5. The van der Waals surface area contributed by atoms with Gasteiger partial charge in [-0.15, -0.1) is 0 Å². The van der Waals surface area contributed by atoms with Crippen molar-refractivity contribution < 1.29 is 8.42 Å². The maximum Gasteiger partial charge on any atom is 0.301 e. The minimum absolute atomic E-state index is 0.494. The Morgan fingerprint density at radius 3 is 2.10 bits per heavy atom. The Bertz CT molecular complexity index is 715. The summed E-state index contributed by atoms with van der Waals surface area (Å²) in [5.41, 5.74) is 2.10. The number of para-hydroxylation sites is 1. The number of nitrogens with zero attached hydrogens (tertiary/aromatic N) is 1. The van der Waals surface area contributed by atoms with Crippen molar-refractivity contribution in [3.05, 3.63) is 53.6 Å². The van der Waals surface area contributed by atoms with Crippen LogP contribution in [-0.2, 0) is 10.2 Å². The second-order valence-electron chi connectivity index (χ2n) is 4.57. The zero-order chi connectivity index (χ0) is 15.5. The number of hydrogen-bond donors (Lipinski definition) is 2. The van der Waals surface area contributed by atoms with E-state index in [0.29, 0.717) is 10.7 Å². The highest BCUT2D eigenvalue weighted by molar-refractivity contribution is 7.90. The maximum atomic E-state index is 11.7. The first-order chi connectivity index (χ1) is 9.88. The molecule has 2 aromatic rings. The lowest BCUT2D eigenvalue weighted by Gasteiger charge is -2.14. The van der Waals surface area contributed by atoms with Gasteiger partial charge in [-0.05, 0) is 36.4 Å². The average molecular weight is 326 g/mol. The number of nitrogens with one attached hydrogen (secondary N) is 2. The lowest BCUT2D eigenvalue weighted by molar-refractivity contribution is 0.527. The molecule has 0 radical (unpaired) electrons. The van der Waals surface area contributed by atoms with E-state index >= 15 is 0 Å². The number of benzene rings is 2. The first-order valence-corrected chi connectivity index (χ1v) is 8.02. The van der Waals surface area contributed by atoms with Crippen molar-refractivity contribution in [1.82, 2.24) is 4.31 Å². The van der Waals surface area contributed by atoms with Crippen molar-refractivity contribution >= 4 is 38.9 Å². The Hall–Kier alpha value is -1.76. The number of halogens is 1. The Labute approximate surface area is 129 Å². The van der Waals surface area contributed by atoms with Crippen LogP contribution in [0.25, 0.3) is 0 Å². The van der Waals surface area contributed by atoms with Gasteiger partial charge in [0.2, 0.25) is 0 Å². The minimum Gasteiger partial charge on any atom is -0.354 e. The van der Waals surface area contributed by atoms with Crippen LogP contribution in [0.5, 0.6) is 0 Å². The average Bonchev–Trinajstić information content (AvgIpc) is 2.43. The van der Waals surface area contributed by atoms with Crippen molar-refractivity contribution in [1.29, 1.82) is 0 Å². The molecular formula is C14H16ClN3O2S. The van der Waals surface area contributed by atoms with Crippen molar-refractivity contribution in [2.75, 3.05) is 24.1 Å².